The predicted octanol–water partition coefficient (Wildman–Crippen LogP) is 0.572. The average Bonchev–Trinajstić information content (AvgIpc) is 2.91. The predicted molar refractivity (Wildman–Crippen MR) is 57.0 cm³/mol. The lowest BCUT2D eigenvalue weighted by atomic mass is 10.0. The van der Waals surface area contributed by atoms with Gasteiger partial charge in [-0.15, -0.1) is 0 Å². The first-order valence-electron chi connectivity index (χ1n) is 5.87. The van der Waals surface area contributed by atoms with Crippen molar-refractivity contribution in [2.45, 2.75) is 37.7 Å². The normalized spacial score (nSPS) is 32.6. The van der Waals surface area contributed by atoms with Crippen LogP contribution in [0.1, 0.15) is 32.1 Å². The summed E-state index contributed by atoms with van der Waals surface area (Å²) in [6.45, 7) is 4.01. The van der Waals surface area contributed by atoms with E-state index in [0.717, 1.165) is 39.0 Å². The molecule has 3 nitrogen and oxygen atoms in total. The van der Waals surface area contributed by atoms with E-state index in [-0.39, 0.29) is 5.60 Å². The van der Waals surface area contributed by atoms with Crippen molar-refractivity contribution in [3.63, 3.8) is 0 Å². The van der Waals surface area contributed by atoms with E-state index in [1.807, 2.05) is 0 Å². The third kappa shape index (κ3) is 2.69. The highest BCUT2D eigenvalue weighted by molar-refractivity contribution is 4.96. The summed E-state index contributed by atoms with van der Waals surface area (Å²) in [5.41, 5.74) is 5.37. The Bertz CT molecular complexity index is 192. The van der Waals surface area contributed by atoms with Gasteiger partial charge in [0.15, 0.2) is 0 Å². The molecule has 14 heavy (non-hydrogen) atoms. The summed E-state index contributed by atoms with van der Waals surface area (Å²) in [4.78, 5) is 2.42. The Balaban J connectivity index is 1.77. The van der Waals surface area contributed by atoms with Crippen molar-refractivity contribution in [2.75, 3.05) is 26.2 Å². The molecule has 0 bridgehead atoms. The van der Waals surface area contributed by atoms with Gasteiger partial charge in [-0.25, -0.2) is 0 Å². The summed E-state index contributed by atoms with van der Waals surface area (Å²) in [5, 5.41) is 9.83. The Kier molecular flexibility index (Phi) is 3.10. The molecule has 2 fully saturated rings. The topological polar surface area (TPSA) is 49.5 Å². The van der Waals surface area contributed by atoms with Crippen LogP contribution in [0.25, 0.3) is 0 Å². The van der Waals surface area contributed by atoms with Crippen LogP contribution in [0.2, 0.25) is 0 Å². The maximum absolute atomic E-state index is 9.83. The van der Waals surface area contributed by atoms with Crippen LogP contribution in [0.4, 0.5) is 0 Å². The zero-order chi connectivity index (χ0) is 10.0. The van der Waals surface area contributed by atoms with Gasteiger partial charge < -0.3 is 15.7 Å². The van der Waals surface area contributed by atoms with Crippen molar-refractivity contribution in [1.82, 2.24) is 4.90 Å². The summed E-state index contributed by atoms with van der Waals surface area (Å²) >= 11 is 0. The number of nitrogens with zero attached hydrogens (tertiary/aromatic N) is 1. The largest absolute Gasteiger partial charge is 0.389 e. The lowest BCUT2D eigenvalue weighted by Crippen LogP contribution is -2.34. The summed E-state index contributed by atoms with van der Waals surface area (Å²) in [7, 11) is 0. The zero-order valence-corrected chi connectivity index (χ0v) is 8.91. The first-order valence-corrected chi connectivity index (χ1v) is 5.87. The molecule has 0 aromatic carbocycles. The fourth-order valence-corrected chi connectivity index (χ4v) is 2.34. The van der Waals surface area contributed by atoms with Crippen molar-refractivity contribution < 1.29 is 5.11 Å². The van der Waals surface area contributed by atoms with Crippen LogP contribution in [-0.2, 0) is 0 Å². The number of nitrogens with two attached hydrogens (primary N) is 1. The van der Waals surface area contributed by atoms with Gasteiger partial charge in [-0.2, -0.15) is 0 Å². The minimum absolute atomic E-state index is 0.317. The second-order valence-electron chi connectivity index (χ2n) is 5.03. The highest BCUT2D eigenvalue weighted by Crippen LogP contribution is 2.36. The van der Waals surface area contributed by atoms with Gasteiger partial charge >= 0.3 is 0 Å². The monoisotopic (exact) mass is 198 g/mol. The highest BCUT2D eigenvalue weighted by Gasteiger charge is 2.41. The van der Waals surface area contributed by atoms with Crippen LogP contribution in [0.15, 0.2) is 0 Å². The maximum Gasteiger partial charge on any atom is 0.0776 e. The molecule has 1 saturated heterocycles. The van der Waals surface area contributed by atoms with Crippen molar-refractivity contribution >= 4 is 0 Å². The molecule has 0 aromatic rings. The summed E-state index contributed by atoms with van der Waals surface area (Å²) in [6.07, 6.45) is 5.74. The molecule has 3 heteroatoms. The van der Waals surface area contributed by atoms with Gasteiger partial charge in [0.1, 0.15) is 0 Å². The lowest BCUT2D eigenvalue weighted by molar-refractivity contribution is 0.0930. The number of hydrogen-bond acceptors (Lipinski definition) is 3. The van der Waals surface area contributed by atoms with Gasteiger partial charge in [0.05, 0.1) is 5.60 Å². The smallest absolute Gasteiger partial charge is 0.0776 e. The van der Waals surface area contributed by atoms with E-state index in [0.29, 0.717) is 5.92 Å². The molecule has 82 valence electrons. The molecule has 3 N–H and O–H groups in total. The summed E-state index contributed by atoms with van der Waals surface area (Å²) in [6, 6.07) is 0. The molecule has 2 rings (SSSR count). The third-order valence-electron chi connectivity index (χ3n) is 3.62. The van der Waals surface area contributed by atoms with Crippen LogP contribution < -0.4 is 5.73 Å². The van der Waals surface area contributed by atoms with E-state index in [2.05, 4.69) is 4.90 Å². The maximum atomic E-state index is 9.83. The number of β-amino-alcohol motifs (C(OH)–C–C–N with tert-alkyl or cyclic N) is 1. The molecular formula is C11H22N2O. The zero-order valence-electron chi connectivity index (χ0n) is 8.91. The number of hydrogen-bond donors (Lipinski definition) is 2. The second kappa shape index (κ2) is 4.17. The third-order valence-corrected chi connectivity index (χ3v) is 3.62. The summed E-state index contributed by atoms with van der Waals surface area (Å²) in [5.74, 6) is 0.717. The van der Waals surface area contributed by atoms with E-state index >= 15 is 0 Å². The van der Waals surface area contributed by atoms with E-state index in [4.69, 9.17) is 5.73 Å². The fourth-order valence-electron chi connectivity index (χ4n) is 2.34. The van der Waals surface area contributed by atoms with Gasteiger partial charge in [-0.05, 0) is 57.7 Å². The Hall–Kier alpha value is -0.120. The number of likely N-dealkylation sites (tertiary alicyclic amines) is 1. The van der Waals surface area contributed by atoms with Gasteiger partial charge in [-0.1, -0.05) is 0 Å². The molecule has 1 heterocycles. The van der Waals surface area contributed by atoms with Crippen LogP contribution in [-0.4, -0.2) is 41.8 Å². The lowest BCUT2D eigenvalue weighted by Gasteiger charge is -2.22. The first kappa shape index (κ1) is 10.4. The number of rotatable bonds is 3. The van der Waals surface area contributed by atoms with Gasteiger partial charge in [0.25, 0.3) is 0 Å². The quantitative estimate of drug-likeness (QED) is 0.697. The minimum atomic E-state index is -0.317. The van der Waals surface area contributed by atoms with E-state index < -0.39 is 0 Å². The Morgan fingerprint density at radius 1 is 1.29 bits per heavy atom. The molecule has 0 spiro atoms. The van der Waals surface area contributed by atoms with E-state index in [9.17, 15) is 5.11 Å². The molecular weight excluding hydrogens is 176 g/mol. The van der Waals surface area contributed by atoms with Crippen molar-refractivity contribution in [3.05, 3.63) is 0 Å². The highest BCUT2D eigenvalue weighted by atomic mass is 16.3. The Morgan fingerprint density at radius 2 is 2.07 bits per heavy atom. The number of aliphatic hydroxyl groups is 1. The van der Waals surface area contributed by atoms with E-state index in [1.165, 1.54) is 19.3 Å². The molecule has 1 atom stereocenters. The van der Waals surface area contributed by atoms with Crippen molar-refractivity contribution in [2.24, 2.45) is 11.7 Å². The molecule has 0 radical (unpaired) electrons. The summed E-state index contributed by atoms with van der Waals surface area (Å²) < 4.78 is 0. The molecule has 1 aliphatic heterocycles. The van der Waals surface area contributed by atoms with Gasteiger partial charge in [0, 0.05) is 6.54 Å². The standard InChI is InChI=1S/C11H22N2O/c12-8-10-2-1-6-13(7-3-10)9-11(14)4-5-11/h10,14H,1-9,12H2. The molecule has 1 saturated carbocycles. The second-order valence-corrected chi connectivity index (χ2v) is 5.03. The molecule has 0 aromatic heterocycles. The Labute approximate surface area is 86.3 Å². The molecule has 2 aliphatic rings. The molecule has 1 unspecified atom stereocenters. The van der Waals surface area contributed by atoms with Crippen molar-refractivity contribution in [1.29, 1.82) is 0 Å². The van der Waals surface area contributed by atoms with Crippen LogP contribution in [0.3, 0.4) is 0 Å². The van der Waals surface area contributed by atoms with Crippen LogP contribution >= 0.6 is 0 Å². The average molecular weight is 198 g/mol. The van der Waals surface area contributed by atoms with Gasteiger partial charge in [0.2, 0.25) is 0 Å². The van der Waals surface area contributed by atoms with Crippen molar-refractivity contribution in [3.8, 4) is 0 Å². The SMILES string of the molecule is NCC1CCCN(CC2(O)CC2)CC1. The first-order chi connectivity index (χ1) is 6.72. The fraction of sp³-hybridized carbons (Fsp3) is 1.00. The van der Waals surface area contributed by atoms with Crippen LogP contribution in [0, 0.1) is 5.92 Å². The minimum Gasteiger partial charge on any atom is -0.389 e. The molecule has 0 amide bonds. The Morgan fingerprint density at radius 3 is 2.71 bits per heavy atom. The molecule has 1 aliphatic carbocycles. The van der Waals surface area contributed by atoms with Gasteiger partial charge in [-0.3, -0.25) is 0 Å². The van der Waals surface area contributed by atoms with E-state index in [1.54, 1.807) is 0 Å². The van der Waals surface area contributed by atoms with Crippen LogP contribution in [0.5, 0.6) is 0 Å².